The van der Waals surface area contributed by atoms with Crippen LogP contribution in [0.4, 0.5) is 5.82 Å². The third-order valence-corrected chi connectivity index (χ3v) is 6.95. The van der Waals surface area contributed by atoms with Crippen LogP contribution in [-0.4, -0.2) is 53.0 Å². The molecule has 0 aliphatic carbocycles. The Labute approximate surface area is 238 Å². The number of carbonyl (C=O) groups is 1. The summed E-state index contributed by atoms with van der Waals surface area (Å²) in [6, 6.07) is 22.4. The second kappa shape index (κ2) is 15.2. The Kier molecular flexibility index (Phi) is 11.1. The second-order valence-electron chi connectivity index (χ2n) is 10.8. The summed E-state index contributed by atoms with van der Waals surface area (Å²) >= 11 is 0. The van der Waals surface area contributed by atoms with Crippen molar-refractivity contribution < 1.29 is 9.53 Å². The van der Waals surface area contributed by atoms with Gasteiger partial charge in [-0.3, -0.25) is 9.78 Å². The van der Waals surface area contributed by atoms with Crippen LogP contribution < -0.4 is 5.32 Å². The molecule has 210 valence electrons. The Morgan fingerprint density at radius 3 is 2.58 bits per heavy atom. The van der Waals surface area contributed by atoms with Crippen LogP contribution in [0.3, 0.4) is 0 Å². The van der Waals surface area contributed by atoms with Gasteiger partial charge in [0.15, 0.2) is 5.65 Å². The molecule has 1 N–H and O–H groups in total. The summed E-state index contributed by atoms with van der Waals surface area (Å²) < 4.78 is 5.79. The van der Waals surface area contributed by atoms with Gasteiger partial charge in [0.25, 0.3) is 0 Å². The van der Waals surface area contributed by atoms with E-state index in [-0.39, 0.29) is 5.91 Å². The molecule has 0 aliphatic heterocycles. The highest BCUT2D eigenvalue weighted by molar-refractivity contribution is 5.90. The first-order chi connectivity index (χ1) is 19.5. The Morgan fingerprint density at radius 1 is 0.950 bits per heavy atom. The maximum absolute atomic E-state index is 12.6. The van der Waals surface area contributed by atoms with Crippen molar-refractivity contribution in [1.82, 2.24) is 19.9 Å². The van der Waals surface area contributed by atoms with E-state index < -0.39 is 0 Å². The fourth-order valence-electron chi connectivity index (χ4n) is 4.62. The lowest BCUT2D eigenvalue weighted by Crippen LogP contribution is -2.17. The van der Waals surface area contributed by atoms with E-state index in [1.54, 1.807) is 12.3 Å². The lowest BCUT2D eigenvalue weighted by atomic mass is 9.96. The van der Waals surface area contributed by atoms with E-state index in [1.807, 2.05) is 38.4 Å². The summed E-state index contributed by atoms with van der Waals surface area (Å²) in [7, 11) is 4.06. The molecule has 2 heterocycles. The Hall–Kier alpha value is -3.68. The standard InChI is InChI=1S/C33H41N5O2/c1-25(10-7-14-26-12-5-4-6-13-26)11-8-17-32(39)36-31-19-18-29-33(37-31)35-30(23-34-29)28-16-9-15-27(22-28)24-40-21-20-38(2)3/h4-6,9,12-13,15-16,18-19,22-23,25H,7-8,10-11,14,17,20-21,24H2,1-3H3,(H,35,36,37,39)/t25-/m1/s1. The zero-order valence-electron chi connectivity index (χ0n) is 24.0. The van der Waals surface area contributed by atoms with Gasteiger partial charge in [-0.1, -0.05) is 68.3 Å². The number of aromatic nitrogens is 3. The van der Waals surface area contributed by atoms with Crippen molar-refractivity contribution in [2.45, 2.75) is 52.1 Å². The van der Waals surface area contributed by atoms with Crippen LogP contribution in [0.25, 0.3) is 22.4 Å². The van der Waals surface area contributed by atoms with E-state index in [2.05, 4.69) is 63.5 Å². The van der Waals surface area contributed by atoms with Crippen LogP contribution in [-0.2, 0) is 22.6 Å². The van der Waals surface area contributed by atoms with E-state index in [4.69, 9.17) is 9.72 Å². The molecule has 0 aliphatic rings. The van der Waals surface area contributed by atoms with Crippen molar-refractivity contribution in [3.63, 3.8) is 0 Å². The number of rotatable bonds is 15. The fraction of sp³-hybridized carbons (Fsp3) is 0.394. The number of ether oxygens (including phenoxy) is 1. The number of fused-ring (bicyclic) bond motifs is 1. The molecule has 0 radical (unpaired) electrons. The monoisotopic (exact) mass is 539 g/mol. The second-order valence-corrected chi connectivity index (χ2v) is 10.8. The Bertz CT molecular complexity index is 1360. The number of hydrogen-bond acceptors (Lipinski definition) is 6. The molecule has 1 atom stereocenters. The van der Waals surface area contributed by atoms with E-state index >= 15 is 0 Å². The lowest BCUT2D eigenvalue weighted by Gasteiger charge is -2.11. The minimum atomic E-state index is -0.0191. The van der Waals surface area contributed by atoms with Gasteiger partial charge in [-0.05, 0) is 68.6 Å². The first kappa shape index (κ1) is 29.3. The summed E-state index contributed by atoms with van der Waals surface area (Å²) in [5.74, 6) is 1.09. The van der Waals surface area contributed by atoms with Crippen molar-refractivity contribution in [2.24, 2.45) is 5.92 Å². The van der Waals surface area contributed by atoms with Crippen molar-refractivity contribution in [1.29, 1.82) is 0 Å². The average molecular weight is 540 g/mol. The number of hydrogen-bond donors (Lipinski definition) is 1. The number of nitrogens with zero attached hydrogens (tertiary/aromatic N) is 4. The van der Waals surface area contributed by atoms with Gasteiger partial charge in [0.05, 0.1) is 25.1 Å². The summed E-state index contributed by atoms with van der Waals surface area (Å²) in [5.41, 5.74) is 5.36. The number of carbonyl (C=O) groups excluding carboxylic acids is 1. The van der Waals surface area contributed by atoms with Gasteiger partial charge in [-0.2, -0.15) is 0 Å². The predicted octanol–water partition coefficient (Wildman–Crippen LogP) is 6.54. The minimum Gasteiger partial charge on any atom is -0.375 e. The first-order valence-electron chi connectivity index (χ1n) is 14.3. The number of pyridine rings is 1. The maximum atomic E-state index is 12.6. The van der Waals surface area contributed by atoms with Crippen LogP contribution in [0.15, 0.2) is 72.9 Å². The van der Waals surface area contributed by atoms with Gasteiger partial charge in [0.2, 0.25) is 5.91 Å². The fourth-order valence-corrected chi connectivity index (χ4v) is 4.62. The molecule has 0 saturated carbocycles. The molecular weight excluding hydrogens is 498 g/mol. The zero-order chi connectivity index (χ0) is 28.2. The molecule has 7 nitrogen and oxygen atoms in total. The minimum absolute atomic E-state index is 0.0191. The molecule has 2 aromatic carbocycles. The topological polar surface area (TPSA) is 80.2 Å². The van der Waals surface area contributed by atoms with Gasteiger partial charge in [-0.25, -0.2) is 9.97 Å². The summed E-state index contributed by atoms with van der Waals surface area (Å²) in [4.78, 5) is 28.6. The summed E-state index contributed by atoms with van der Waals surface area (Å²) in [6.45, 7) is 4.38. The molecule has 1 amide bonds. The van der Waals surface area contributed by atoms with Gasteiger partial charge >= 0.3 is 0 Å². The summed E-state index contributed by atoms with van der Waals surface area (Å²) in [6.07, 6.45) is 7.62. The Balaban J connectivity index is 1.26. The third kappa shape index (κ3) is 9.50. The predicted molar refractivity (Wildman–Crippen MR) is 162 cm³/mol. The Morgan fingerprint density at radius 2 is 1.75 bits per heavy atom. The van der Waals surface area contributed by atoms with Gasteiger partial charge in [0.1, 0.15) is 11.3 Å². The highest BCUT2D eigenvalue weighted by atomic mass is 16.5. The molecule has 40 heavy (non-hydrogen) atoms. The normalized spacial score (nSPS) is 12.1. The highest BCUT2D eigenvalue weighted by Crippen LogP contribution is 2.21. The largest absolute Gasteiger partial charge is 0.375 e. The summed E-state index contributed by atoms with van der Waals surface area (Å²) in [5, 5.41) is 2.94. The van der Waals surface area contributed by atoms with Crippen LogP contribution >= 0.6 is 0 Å². The molecule has 0 saturated heterocycles. The number of aryl methyl sites for hydroxylation is 1. The van der Waals surface area contributed by atoms with Crippen molar-refractivity contribution in [3.8, 4) is 11.3 Å². The highest BCUT2D eigenvalue weighted by Gasteiger charge is 2.10. The van der Waals surface area contributed by atoms with Crippen LogP contribution in [0.2, 0.25) is 0 Å². The van der Waals surface area contributed by atoms with Crippen LogP contribution in [0.1, 0.15) is 50.2 Å². The van der Waals surface area contributed by atoms with E-state index in [9.17, 15) is 4.79 Å². The number of benzene rings is 2. The van der Waals surface area contributed by atoms with Crippen molar-refractivity contribution in [2.75, 3.05) is 32.6 Å². The molecule has 0 unspecified atom stereocenters. The third-order valence-electron chi connectivity index (χ3n) is 6.95. The number of likely N-dealkylation sites (N-methyl/N-ethyl adjacent to an activating group) is 1. The number of amides is 1. The van der Waals surface area contributed by atoms with Gasteiger partial charge in [-0.15, -0.1) is 0 Å². The molecule has 0 bridgehead atoms. The number of nitrogens with one attached hydrogen (secondary N) is 1. The molecule has 2 aromatic heterocycles. The average Bonchev–Trinajstić information content (AvgIpc) is 2.95. The van der Waals surface area contributed by atoms with Crippen molar-refractivity contribution in [3.05, 3.63) is 84.1 Å². The molecule has 0 spiro atoms. The van der Waals surface area contributed by atoms with Crippen molar-refractivity contribution >= 4 is 22.9 Å². The maximum Gasteiger partial charge on any atom is 0.225 e. The first-order valence-corrected chi connectivity index (χ1v) is 14.3. The molecule has 0 fully saturated rings. The molecule has 7 heteroatoms. The smallest absolute Gasteiger partial charge is 0.225 e. The quantitative estimate of drug-likeness (QED) is 0.173. The lowest BCUT2D eigenvalue weighted by molar-refractivity contribution is -0.116. The van der Waals surface area contributed by atoms with Crippen LogP contribution in [0, 0.1) is 5.92 Å². The van der Waals surface area contributed by atoms with Crippen LogP contribution in [0.5, 0.6) is 0 Å². The molecule has 4 rings (SSSR count). The van der Waals surface area contributed by atoms with Gasteiger partial charge < -0.3 is 15.0 Å². The molecule has 4 aromatic rings. The zero-order valence-corrected chi connectivity index (χ0v) is 24.0. The van der Waals surface area contributed by atoms with E-state index in [1.165, 1.54) is 18.4 Å². The number of anilines is 1. The molecular formula is C33H41N5O2. The SMILES string of the molecule is C[C@@H](CCCC(=O)Nc1ccc2ncc(-c3cccc(COCCN(C)C)c3)nc2n1)CCCc1ccccc1. The van der Waals surface area contributed by atoms with Gasteiger partial charge in [0, 0.05) is 18.5 Å². The van der Waals surface area contributed by atoms with E-state index in [0.717, 1.165) is 42.6 Å². The van der Waals surface area contributed by atoms with E-state index in [0.29, 0.717) is 42.5 Å².